The number of ether oxygens (including phenoxy) is 3. The Morgan fingerprint density at radius 1 is 0.559 bits per heavy atom. The van der Waals surface area contributed by atoms with Crippen LogP contribution in [0.4, 0.5) is 72.5 Å². The molecule has 15 aromatic rings. The predicted octanol–water partition coefficient (Wildman–Crippen LogP) is 23.8. The number of amides is 2. The SMILES string of the molecule is C.CC(=O)O.CCOC(OCC)OCC.CCc1cccc(Br)c1.CN(c1cccc(Br)c1)c1nc(Cl)nc2cc(Cl)cc(F)c12.CN(c1cccc(Br)c1)c1nc(NN)nc2cc(Cl)cc(F)c12.CN(c1cccc(Br)c1)c1nc2nncn2c2cc(Cl)cc(F)c12.Fc1cc(Cl)cc2nc(Cl)nc(Cl)c12.N#C[O-].NNO.Nc1cc(Cl)cc(F)c1C(=O)O.O=C1Cc2cc(Cl)cc(F)c2C(=O)N1.O=P(Cl)(Cl)Cl.[K+]. The van der Waals surface area contributed by atoms with Crippen molar-refractivity contribution in [2.24, 2.45) is 11.7 Å². The van der Waals surface area contributed by atoms with Gasteiger partial charge in [0.1, 0.15) is 69.4 Å². The van der Waals surface area contributed by atoms with Crippen molar-refractivity contribution in [3.63, 3.8) is 0 Å². The predicted molar refractivity (Wildman–Crippen MR) is 569 cm³/mol. The van der Waals surface area contributed by atoms with Crippen molar-refractivity contribution in [2.45, 2.75) is 61.4 Å². The van der Waals surface area contributed by atoms with E-state index in [2.05, 4.69) is 179 Å². The maximum atomic E-state index is 14.7. The van der Waals surface area contributed by atoms with E-state index in [1.807, 2.05) is 112 Å². The number of nitrogens with two attached hydrogens (primary N) is 3. The van der Waals surface area contributed by atoms with E-state index in [1.54, 1.807) is 51.4 Å². The zero-order valence-electron chi connectivity index (χ0n) is 75.6. The third kappa shape index (κ3) is 42.7. The van der Waals surface area contributed by atoms with E-state index in [4.69, 9.17) is 161 Å². The molecule has 768 valence electrons. The summed E-state index contributed by atoms with van der Waals surface area (Å²) in [6, 6.07) is 46.9. The maximum Gasteiger partial charge on any atom is 1.00 e. The number of rotatable bonds is 15. The van der Waals surface area contributed by atoms with Crippen LogP contribution in [-0.4, -0.2) is 136 Å². The van der Waals surface area contributed by atoms with Crippen LogP contribution >= 0.6 is 207 Å². The van der Waals surface area contributed by atoms with Crippen molar-refractivity contribution in [1.82, 2.24) is 60.4 Å². The van der Waals surface area contributed by atoms with Crippen molar-refractivity contribution in [2.75, 3.05) is 66.8 Å². The van der Waals surface area contributed by atoms with E-state index in [0.29, 0.717) is 87.3 Å². The molecule has 10 aromatic carbocycles. The van der Waals surface area contributed by atoms with Crippen LogP contribution in [0, 0.1) is 46.4 Å². The van der Waals surface area contributed by atoms with Gasteiger partial charge in [-0.05, 0) is 235 Å². The molecule has 1 aliphatic rings. The number of aromatic carboxylic acids is 1. The van der Waals surface area contributed by atoms with Gasteiger partial charge in [-0.3, -0.25) is 34.1 Å². The molecule has 0 spiro atoms. The normalized spacial score (nSPS) is 10.7. The molecule has 6 heterocycles. The van der Waals surface area contributed by atoms with E-state index in [0.717, 1.165) is 62.0 Å². The summed E-state index contributed by atoms with van der Waals surface area (Å²) in [6.45, 7) is 10.3. The van der Waals surface area contributed by atoms with Gasteiger partial charge < -0.3 is 55.2 Å². The Bertz CT molecular complexity index is 6990. The van der Waals surface area contributed by atoms with Crippen LogP contribution in [0.1, 0.15) is 73.9 Å². The smallest absolute Gasteiger partial charge is 0.812 e. The summed E-state index contributed by atoms with van der Waals surface area (Å²) < 4.78 is 113. The quantitative estimate of drug-likeness (QED) is 0.00393. The van der Waals surface area contributed by atoms with E-state index in [1.165, 1.54) is 58.4 Å². The summed E-state index contributed by atoms with van der Waals surface area (Å²) >= 11 is 79.2. The zero-order valence-corrected chi connectivity index (χ0v) is 95.1. The van der Waals surface area contributed by atoms with Gasteiger partial charge in [0.2, 0.25) is 22.4 Å². The van der Waals surface area contributed by atoms with Crippen LogP contribution in [-0.2, 0) is 41.2 Å². The summed E-state index contributed by atoms with van der Waals surface area (Å²) in [5.74, 6) is 4.34. The first-order chi connectivity index (χ1) is 67.4. The summed E-state index contributed by atoms with van der Waals surface area (Å²) in [6.07, 6.45) is 3.08. The number of nitrogens with one attached hydrogen (secondary N) is 3. The number of fused-ring (bicyclic) bond motifs is 7. The second kappa shape index (κ2) is 65.2. The van der Waals surface area contributed by atoms with Crippen molar-refractivity contribution >= 4 is 326 Å². The molecule has 0 saturated heterocycles. The van der Waals surface area contributed by atoms with Gasteiger partial charge in [-0.1, -0.05) is 190 Å². The van der Waals surface area contributed by atoms with Gasteiger partial charge in [0.15, 0.2) is 0 Å². The van der Waals surface area contributed by atoms with Gasteiger partial charge in [-0.25, -0.2) is 68.0 Å². The van der Waals surface area contributed by atoms with E-state index >= 15 is 0 Å². The number of carbonyl (C=O) groups is 4. The Labute approximate surface area is 960 Å². The maximum absolute atomic E-state index is 14.7. The Balaban J connectivity index is 0.000000424. The number of halogens is 22. The topological polar surface area (TPSA) is 465 Å². The molecule has 5 aromatic heterocycles. The molecule has 1 aliphatic heterocycles. The number of anilines is 8. The second-order valence-corrected chi connectivity index (χ2v) is 41.2. The standard InChI is InChI=1S/C16H10BrClFN5.C15H9BrCl2FN3.C15H12BrClFN5.C9H5ClFNO2.C8H9Br.C8H2Cl3FN2.C7H5ClFNO2.C7H16O3.C2H4O2.CHNO.CH4.Cl3OP.K.H4N2O/c1-23(11-4-2-3-9(17)5-11)15-14-12(19)6-10(18)7-13(14)24-8-20-22-16(24)21-15;1-22(10-4-2-3-8(16)5-10)14-13-11(19)6-9(17)7-12(13)20-15(18)21-14;1-23(10-4-2-3-8(16)5-10)14-13-11(18)6-9(17)7-12(13)20-15(21-14)22-19;10-5-1-4-2-7(13)12-9(14)8(4)6(11)3-5;1-2-7-4-3-5-8(9)6-7;9-3-1-4(12)6-5(2-3)13-8(11)14-7(6)10;8-3-1-4(9)6(7(11)12)5(10)2-3;1-4-8-7(9-5-2)10-6-3;1-2(3)4;2-1-3;;1-5(2,3)4;;1-2-3/h2-8H,1H3;2-7H,1H3;2-7H,19H2,1H3,(H,20,21,22);1,3H,2H2,(H,12,13,14);3-6H,2H2,1H3;1-2H;1-2H,10H2,(H,11,12);7H,4-6H2,1-3H3;1H3,(H,3,4);3H;1H4;;;2-3H,1H2/q;;;;;;;;;;;;+1;/p-1. The van der Waals surface area contributed by atoms with Crippen LogP contribution < -0.4 is 105 Å². The minimum absolute atomic E-state index is 0. The number of hydrogen-bond acceptors (Lipinski definition) is 28. The molecule has 0 aliphatic carbocycles. The molecule has 0 radical (unpaired) electrons. The fourth-order valence-corrected chi connectivity index (χ4v) is 15.3. The van der Waals surface area contributed by atoms with Crippen LogP contribution in [0.2, 0.25) is 45.9 Å². The second-order valence-electron chi connectivity index (χ2n) is 27.2. The number of imide groups is 1. The minimum atomic E-state index is -3.22. The van der Waals surface area contributed by atoms with Gasteiger partial charge in [-0.2, -0.15) is 15.0 Å². The third-order valence-corrected chi connectivity index (χ3v) is 21.3. The molecule has 145 heavy (non-hydrogen) atoms. The van der Waals surface area contributed by atoms with E-state index in [9.17, 15) is 45.3 Å². The first-order valence-electron chi connectivity index (χ1n) is 39.7. The Kier molecular flexibility index (Phi) is 58.9. The molecule has 0 atom stereocenters. The van der Waals surface area contributed by atoms with Crippen molar-refractivity contribution < 1.29 is 136 Å². The summed E-state index contributed by atoms with van der Waals surface area (Å²) in [4.78, 5) is 75.5. The van der Waals surface area contributed by atoms with Gasteiger partial charge in [0.25, 0.3) is 24.1 Å². The number of carbonyl (C=O) groups excluding carboxylic acids is 2. The number of benzene rings is 10. The molecule has 16 rings (SSSR count). The summed E-state index contributed by atoms with van der Waals surface area (Å²) in [5, 5.41) is 47.0. The number of hydrazine groups is 2. The first-order valence-corrected chi connectivity index (χ1v) is 50.7. The monoisotopic (exact) mass is 2540 g/mol. The van der Waals surface area contributed by atoms with Crippen LogP contribution in [0.15, 0.2) is 194 Å². The zero-order chi connectivity index (χ0) is 107. The van der Waals surface area contributed by atoms with Crippen molar-refractivity contribution in [3.8, 4) is 6.26 Å². The molecule has 0 fully saturated rings. The van der Waals surface area contributed by atoms with Crippen molar-refractivity contribution in [1.29, 1.82) is 5.26 Å². The minimum Gasteiger partial charge on any atom is -0.812 e. The molecule has 0 bridgehead atoms. The number of aromatic nitrogens is 10. The molecule has 2 amide bonds. The number of carboxylic acids is 2. The van der Waals surface area contributed by atoms with Gasteiger partial charge in [0, 0.05) is 119 Å². The molecule has 56 heteroatoms. The number of nitrogens with zero attached hydrogens (tertiary/aromatic N) is 14. The molecular formula is C89H80Br4Cl12F6KN20O12P. The molecule has 0 unspecified atom stereocenters. The van der Waals surface area contributed by atoms with Crippen molar-refractivity contribution in [3.05, 3.63) is 297 Å². The van der Waals surface area contributed by atoms with E-state index in [-0.39, 0.29) is 139 Å². The number of hydrogen-bond donors (Lipinski definition) is 9. The Hall–Kier alpha value is -8.03. The molecule has 12 N–H and O–H groups in total. The van der Waals surface area contributed by atoms with Crippen LogP contribution in [0.25, 0.3) is 49.4 Å². The number of carboxylic acid groups (broad SMARTS) is 2. The number of nitrogen functional groups attached to an aromatic ring is 2. The fourth-order valence-electron chi connectivity index (χ4n) is 11.8. The molecule has 32 nitrogen and oxygen atoms in total. The molecule has 0 saturated carbocycles. The fraction of sp³-hybridized carbons (Fsp3) is 0.169. The first kappa shape index (κ1) is 131. The van der Waals surface area contributed by atoms with E-state index < -0.39 is 75.9 Å². The number of aryl methyl sites for hydroxylation is 1. The summed E-state index contributed by atoms with van der Waals surface area (Å²) in [5.41, 5.74) is 13.9. The third-order valence-electron chi connectivity index (χ3n) is 17.4. The van der Waals surface area contributed by atoms with Gasteiger partial charge >= 0.3 is 62.6 Å². The van der Waals surface area contributed by atoms with Gasteiger partial charge in [0.05, 0.1) is 61.3 Å². The number of aliphatic carboxylic acids is 1. The Morgan fingerprint density at radius 3 is 1.33 bits per heavy atom. The Morgan fingerprint density at radius 2 is 0.924 bits per heavy atom. The summed E-state index contributed by atoms with van der Waals surface area (Å²) in [7, 11) is 5.40. The van der Waals surface area contributed by atoms with Gasteiger partial charge in [-0.15, -0.1) is 15.8 Å². The van der Waals surface area contributed by atoms with Crippen LogP contribution in [0.5, 0.6) is 0 Å². The average molecular weight is 2550 g/mol. The average Bonchev–Trinajstić information content (AvgIpc) is 1.65. The molecular weight excluding hydrogens is 2470 g/mol. The van der Waals surface area contributed by atoms with Crippen LogP contribution in [0.3, 0.4) is 0 Å². The largest absolute Gasteiger partial charge is 1.00 e. The number of nitriles is 1.